The first-order chi connectivity index (χ1) is 9.63. The number of H-pyrrole nitrogens is 1. The van der Waals surface area contributed by atoms with Crippen LogP contribution in [0.4, 0.5) is 0 Å². The lowest BCUT2D eigenvalue weighted by Gasteiger charge is -2.22. The third-order valence-corrected chi connectivity index (χ3v) is 4.25. The molecule has 2 atom stereocenters. The number of aromatic amines is 1. The molecule has 2 heterocycles. The molecule has 3 rings (SSSR count). The number of rotatable bonds is 4. The zero-order valence-corrected chi connectivity index (χ0v) is 12.6. The molecule has 0 saturated carbocycles. The van der Waals surface area contributed by atoms with Gasteiger partial charge in [-0.3, -0.25) is 4.90 Å². The normalized spacial score (nSPS) is 21.9. The molecule has 20 heavy (non-hydrogen) atoms. The minimum atomic E-state index is 0.263. The van der Waals surface area contributed by atoms with Crippen LogP contribution in [0.1, 0.15) is 39.1 Å². The van der Waals surface area contributed by atoms with Gasteiger partial charge in [0.15, 0.2) is 0 Å². The molecule has 1 aliphatic rings. The standard InChI is InChI=1S/C16H24N4/c1-11(2)20-9-8-13(10-20)17-12(3)16-18-14-6-4-5-7-15(14)19-16/h4-7,11-13,17H,8-10H2,1-3H3,(H,18,19). The van der Waals surface area contributed by atoms with E-state index in [1.807, 2.05) is 12.1 Å². The first-order valence-electron chi connectivity index (χ1n) is 7.58. The lowest BCUT2D eigenvalue weighted by atomic mass is 10.2. The maximum absolute atomic E-state index is 4.68. The molecule has 0 amide bonds. The van der Waals surface area contributed by atoms with Crippen LogP contribution in [0.2, 0.25) is 0 Å². The van der Waals surface area contributed by atoms with Gasteiger partial charge in [-0.15, -0.1) is 0 Å². The molecule has 0 radical (unpaired) electrons. The monoisotopic (exact) mass is 272 g/mol. The molecule has 1 aromatic carbocycles. The van der Waals surface area contributed by atoms with Crippen LogP contribution in [0.15, 0.2) is 24.3 Å². The van der Waals surface area contributed by atoms with E-state index >= 15 is 0 Å². The van der Waals surface area contributed by atoms with Crippen molar-refractivity contribution < 1.29 is 0 Å². The Bertz CT molecular complexity index is 542. The fraction of sp³-hybridized carbons (Fsp3) is 0.562. The van der Waals surface area contributed by atoms with E-state index in [-0.39, 0.29) is 6.04 Å². The Hall–Kier alpha value is -1.39. The predicted octanol–water partition coefficient (Wildman–Crippen LogP) is 2.70. The molecule has 0 spiro atoms. The van der Waals surface area contributed by atoms with Crippen molar-refractivity contribution in [1.82, 2.24) is 20.2 Å². The second-order valence-electron chi connectivity index (χ2n) is 6.10. The summed E-state index contributed by atoms with van der Waals surface area (Å²) >= 11 is 0. The van der Waals surface area contributed by atoms with Gasteiger partial charge in [0.05, 0.1) is 17.1 Å². The number of likely N-dealkylation sites (tertiary alicyclic amines) is 1. The molecule has 1 aliphatic heterocycles. The largest absolute Gasteiger partial charge is 0.341 e. The fourth-order valence-electron chi connectivity index (χ4n) is 3.00. The van der Waals surface area contributed by atoms with Crippen molar-refractivity contribution >= 4 is 11.0 Å². The van der Waals surface area contributed by atoms with E-state index in [1.54, 1.807) is 0 Å². The van der Waals surface area contributed by atoms with Crippen LogP contribution in [0.5, 0.6) is 0 Å². The van der Waals surface area contributed by atoms with E-state index in [0.29, 0.717) is 12.1 Å². The molecule has 0 bridgehead atoms. The van der Waals surface area contributed by atoms with Crippen molar-refractivity contribution in [2.24, 2.45) is 0 Å². The van der Waals surface area contributed by atoms with Gasteiger partial charge in [0, 0.05) is 18.6 Å². The van der Waals surface area contributed by atoms with E-state index in [2.05, 4.69) is 53.1 Å². The molecule has 1 saturated heterocycles. The number of imidazole rings is 1. The Morgan fingerprint density at radius 1 is 1.30 bits per heavy atom. The van der Waals surface area contributed by atoms with E-state index in [0.717, 1.165) is 23.4 Å². The molecular formula is C16H24N4. The minimum Gasteiger partial charge on any atom is -0.341 e. The number of benzene rings is 1. The summed E-state index contributed by atoms with van der Waals surface area (Å²) in [6, 6.07) is 9.68. The highest BCUT2D eigenvalue weighted by atomic mass is 15.2. The van der Waals surface area contributed by atoms with Crippen LogP contribution in [-0.4, -0.2) is 40.0 Å². The summed E-state index contributed by atoms with van der Waals surface area (Å²) in [6.45, 7) is 9.07. The van der Waals surface area contributed by atoms with Crippen LogP contribution >= 0.6 is 0 Å². The Morgan fingerprint density at radius 2 is 2.10 bits per heavy atom. The summed E-state index contributed by atoms with van der Waals surface area (Å²) in [5, 5.41) is 3.71. The van der Waals surface area contributed by atoms with Crippen molar-refractivity contribution in [3.8, 4) is 0 Å². The third kappa shape index (κ3) is 2.72. The Kier molecular flexibility index (Phi) is 3.76. The average Bonchev–Trinajstić information content (AvgIpc) is 3.04. The van der Waals surface area contributed by atoms with E-state index in [9.17, 15) is 0 Å². The first kappa shape index (κ1) is 13.6. The number of nitrogens with zero attached hydrogens (tertiary/aromatic N) is 2. The summed E-state index contributed by atoms with van der Waals surface area (Å²) in [7, 11) is 0. The maximum Gasteiger partial charge on any atom is 0.124 e. The predicted molar refractivity (Wildman–Crippen MR) is 82.8 cm³/mol. The first-order valence-corrected chi connectivity index (χ1v) is 7.58. The van der Waals surface area contributed by atoms with Crippen LogP contribution in [-0.2, 0) is 0 Å². The highest BCUT2D eigenvalue weighted by Crippen LogP contribution is 2.19. The fourth-order valence-corrected chi connectivity index (χ4v) is 3.00. The smallest absolute Gasteiger partial charge is 0.124 e. The van der Waals surface area contributed by atoms with Crippen molar-refractivity contribution in [2.45, 2.75) is 45.3 Å². The molecule has 2 N–H and O–H groups in total. The Balaban J connectivity index is 1.66. The third-order valence-electron chi connectivity index (χ3n) is 4.25. The average molecular weight is 272 g/mol. The molecule has 4 heteroatoms. The molecule has 2 unspecified atom stereocenters. The topological polar surface area (TPSA) is 44.0 Å². The summed E-state index contributed by atoms with van der Waals surface area (Å²) in [6.07, 6.45) is 1.22. The highest BCUT2D eigenvalue weighted by molar-refractivity contribution is 5.74. The minimum absolute atomic E-state index is 0.263. The summed E-state index contributed by atoms with van der Waals surface area (Å²) in [4.78, 5) is 10.6. The second kappa shape index (κ2) is 5.54. The van der Waals surface area contributed by atoms with Gasteiger partial charge in [0.2, 0.25) is 0 Å². The quantitative estimate of drug-likeness (QED) is 0.899. The molecule has 2 aromatic rings. The zero-order chi connectivity index (χ0) is 14.1. The van der Waals surface area contributed by atoms with E-state index < -0.39 is 0 Å². The number of fused-ring (bicyclic) bond motifs is 1. The van der Waals surface area contributed by atoms with Crippen LogP contribution in [0.3, 0.4) is 0 Å². The van der Waals surface area contributed by atoms with Gasteiger partial charge in [-0.05, 0) is 45.9 Å². The van der Waals surface area contributed by atoms with Gasteiger partial charge in [-0.1, -0.05) is 12.1 Å². The highest BCUT2D eigenvalue weighted by Gasteiger charge is 2.25. The Labute approximate surface area is 120 Å². The van der Waals surface area contributed by atoms with E-state index in [1.165, 1.54) is 13.0 Å². The Morgan fingerprint density at radius 3 is 2.80 bits per heavy atom. The van der Waals surface area contributed by atoms with Crippen molar-refractivity contribution in [3.05, 3.63) is 30.1 Å². The zero-order valence-electron chi connectivity index (χ0n) is 12.6. The lowest BCUT2D eigenvalue weighted by Crippen LogP contribution is -2.36. The molecular weight excluding hydrogens is 248 g/mol. The second-order valence-corrected chi connectivity index (χ2v) is 6.10. The number of para-hydroxylation sites is 2. The molecule has 4 nitrogen and oxygen atoms in total. The number of nitrogens with one attached hydrogen (secondary N) is 2. The van der Waals surface area contributed by atoms with Crippen molar-refractivity contribution in [2.75, 3.05) is 13.1 Å². The SMILES string of the molecule is CC(NC1CCN(C(C)C)C1)c1nc2ccccc2[nH]1. The van der Waals surface area contributed by atoms with Gasteiger partial charge < -0.3 is 10.3 Å². The maximum atomic E-state index is 4.68. The molecule has 1 fully saturated rings. The molecule has 108 valence electrons. The van der Waals surface area contributed by atoms with Crippen molar-refractivity contribution in [1.29, 1.82) is 0 Å². The lowest BCUT2D eigenvalue weighted by molar-refractivity contribution is 0.265. The summed E-state index contributed by atoms with van der Waals surface area (Å²) < 4.78 is 0. The van der Waals surface area contributed by atoms with Crippen LogP contribution in [0, 0.1) is 0 Å². The van der Waals surface area contributed by atoms with Crippen molar-refractivity contribution in [3.63, 3.8) is 0 Å². The van der Waals surface area contributed by atoms with Gasteiger partial charge in [0.1, 0.15) is 5.82 Å². The van der Waals surface area contributed by atoms with Crippen LogP contribution < -0.4 is 5.32 Å². The number of hydrogen-bond acceptors (Lipinski definition) is 3. The van der Waals surface area contributed by atoms with Gasteiger partial charge in [0.25, 0.3) is 0 Å². The summed E-state index contributed by atoms with van der Waals surface area (Å²) in [5.41, 5.74) is 2.16. The molecule has 0 aliphatic carbocycles. The molecule has 1 aromatic heterocycles. The van der Waals surface area contributed by atoms with E-state index in [4.69, 9.17) is 0 Å². The van der Waals surface area contributed by atoms with Gasteiger partial charge in [-0.2, -0.15) is 0 Å². The number of aromatic nitrogens is 2. The van der Waals surface area contributed by atoms with Gasteiger partial charge >= 0.3 is 0 Å². The van der Waals surface area contributed by atoms with Gasteiger partial charge in [-0.25, -0.2) is 4.98 Å². The number of hydrogen-bond donors (Lipinski definition) is 2. The van der Waals surface area contributed by atoms with Crippen LogP contribution in [0.25, 0.3) is 11.0 Å². The summed E-state index contributed by atoms with van der Waals surface area (Å²) in [5.74, 6) is 1.04.